The molecule has 5 nitrogen and oxygen atoms in total. The van der Waals surface area contributed by atoms with Gasteiger partial charge in [-0.25, -0.2) is 9.50 Å². The molecule has 0 aliphatic carbocycles. The summed E-state index contributed by atoms with van der Waals surface area (Å²) in [6.07, 6.45) is 3.01. The topological polar surface area (TPSA) is 62.2 Å². The second-order valence-electron chi connectivity index (χ2n) is 4.87. The van der Waals surface area contributed by atoms with Crippen molar-refractivity contribution in [1.29, 1.82) is 0 Å². The zero-order valence-corrected chi connectivity index (χ0v) is 10.6. The van der Waals surface area contributed by atoms with Gasteiger partial charge in [-0.05, 0) is 32.4 Å². The van der Waals surface area contributed by atoms with Gasteiger partial charge in [0.2, 0.25) is 0 Å². The monoisotopic (exact) mass is 246 g/mol. The fourth-order valence-electron chi connectivity index (χ4n) is 2.57. The zero-order valence-electron chi connectivity index (χ0n) is 10.6. The maximum atomic E-state index is 12.0. The molecule has 2 aromatic rings. The Morgan fingerprint density at radius 1 is 1.39 bits per heavy atom. The molecule has 3 rings (SSSR count). The van der Waals surface area contributed by atoms with Crippen LogP contribution in [0.1, 0.15) is 37.1 Å². The molecule has 1 aliphatic rings. The van der Waals surface area contributed by atoms with Gasteiger partial charge in [-0.15, -0.1) is 0 Å². The second-order valence-corrected chi connectivity index (χ2v) is 4.87. The van der Waals surface area contributed by atoms with E-state index in [1.807, 2.05) is 6.07 Å². The Hall–Kier alpha value is -1.62. The minimum atomic E-state index is -0.00627. The number of rotatable bonds is 2. The molecule has 0 spiro atoms. The highest BCUT2D eigenvalue weighted by atomic mass is 16.1. The van der Waals surface area contributed by atoms with Crippen LogP contribution in [0, 0.1) is 0 Å². The summed E-state index contributed by atoms with van der Waals surface area (Å²) in [6, 6.07) is 3.64. The molecular formula is C13H18N4O. The molecule has 1 fully saturated rings. The van der Waals surface area contributed by atoms with Crippen molar-refractivity contribution in [3.63, 3.8) is 0 Å². The van der Waals surface area contributed by atoms with E-state index in [-0.39, 0.29) is 5.56 Å². The molecule has 3 heterocycles. The van der Waals surface area contributed by atoms with Crippen LogP contribution in [0.2, 0.25) is 0 Å². The lowest BCUT2D eigenvalue weighted by Crippen LogP contribution is -2.28. The van der Waals surface area contributed by atoms with Crippen LogP contribution in [0.15, 0.2) is 16.9 Å². The molecule has 0 bridgehead atoms. The van der Waals surface area contributed by atoms with Crippen LogP contribution in [-0.2, 0) is 6.42 Å². The van der Waals surface area contributed by atoms with E-state index in [4.69, 9.17) is 0 Å². The highest BCUT2D eigenvalue weighted by Crippen LogP contribution is 2.22. The van der Waals surface area contributed by atoms with E-state index in [1.165, 1.54) is 4.52 Å². The number of nitrogens with one attached hydrogen (secondary N) is 2. The highest BCUT2D eigenvalue weighted by molar-refractivity contribution is 5.40. The number of piperidine rings is 1. The molecule has 96 valence electrons. The number of aromatic amines is 1. The van der Waals surface area contributed by atoms with Crippen LogP contribution in [0.5, 0.6) is 0 Å². The standard InChI is InChI=1S/C13H18N4O/c1-2-10-7-12-15-11(8-13(18)17(12)16-10)9-3-5-14-6-4-9/h7-9,14,16H,2-6H2,1H3. The van der Waals surface area contributed by atoms with Gasteiger partial charge in [-0.1, -0.05) is 6.92 Å². The maximum Gasteiger partial charge on any atom is 0.272 e. The van der Waals surface area contributed by atoms with Crippen LogP contribution < -0.4 is 10.9 Å². The number of fused-ring (bicyclic) bond motifs is 1. The van der Waals surface area contributed by atoms with E-state index in [0.29, 0.717) is 5.92 Å². The number of nitrogens with zero attached hydrogens (tertiary/aromatic N) is 2. The first kappa shape index (κ1) is 11.5. The lowest BCUT2D eigenvalue weighted by atomic mass is 9.94. The molecule has 0 atom stereocenters. The lowest BCUT2D eigenvalue weighted by molar-refractivity contribution is 0.453. The van der Waals surface area contributed by atoms with E-state index in [2.05, 4.69) is 22.3 Å². The van der Waals surface area contributed by atoms with Crippen LogP contribution in [0.4, 0.5) is 0 Å². The van der Waals surface area contributed by atoms with Crippen LogP contribution in [0.3, 0.4) is 0 Å². The predicted molar refractivity (Wildman–Crippen MR) is 70.0 cm³/mol. The molecular weight excluding hydrogens is 228 g/mol. The van der Waals surface area contributed by atoms with Crippen LogP contribution in [0.25, 0.3) is 5.65 Å². The second kappa shape index (κ2) is 4.57. The van der Waals surface area contributed by atoms with Gasteiger partial charge in [-0.3, -0.25) is 9.89 Å². The predicted octanol–water partition coefficient (Wildman–Crippen LogP) is 1.05. The van der Waals surface area contributed by atoms with Crippen molar-refractivity contribution in [2.45, 2.75) is 32.1 Å². The molecule has 5 heteroatoms. The fourth-order valence-corrected chi connectivity index (χ4v) is 2.57. The van der Waals surface area contributed by atoms with Crippen molar-refractivity contribution in [3.8, 4) is 0 Å². The molecule has 0 saturated carbocycles. The van der Waals surface area contributed by atoms with E-state index in [1.54, 1.807) is 6.07 Å². The summed E-state index contributed by atoms with van der Waals surface area (Å²) >= 11 is 0. The van der Waals surface area contributed by atoms with E-state index in [0.717, 1.165) is 49.4 Å². The summed E-state index contributed by atoms with van der Waals surface area (Å²) < 4.78 is 1.53. The number of H-pyrrole nitrogens is 1. The summed E-state index contributed by atoms with van der Waals surface area (Å²) in [5, 5.41) is 6.41. The van der Waals surface area contributed by atoms with Crippen molar-refractivity contribution in [2.24, 2.45) is 0 Å². The van der Waals surface area contributed by atoms with Gasteiger partial charge in [0.25, 0.3) is 5.56 Å². The number of hydrogen-bond acceptors (Lipinski definition) is 3. The quantitative estimate of drug-likeness (QED) is 0.832. The summed E-state index contributed by atoms with van der Waals surface area (Å²) in [6.45, 7) is 4.08. The molecule has 2 aromatic heterocycles. The van der Waals surface area contributed by atoms with E-state index < -0.39 is 0 Å². The molecule has 0 unspecified atom stereocenters. The summed E-state index contributed by atoms with van der Waals surface area (Å²) in [7, 11) is 0. The van der Waals surface area contributed by atoms with Gasteiger partial charge in [0.15, 0.2) is 5.65 Å². The first-order chi connectivity index (χ1) is 8.78. The third kappa shape index (κ3) is 1.95. The Morgan fingerprint density at radius 2 is 2.17 bits per heavy atom. The first-order valence-electron chi connectivity index (χ1n) is 6.60. The Kier molecular flexibility index (Phi) is 2.91. The molecule has 1 aliphatic heterocycles. The number of aromatic nitrogens is 3. The maximum absolute atomic E-state index is 12.0. The van der Waals surface area contributed by atoms with Crippen LogP contribution >= 0.6 is 0 Å². The molecule has 1 saturated heterocycles. The summed E-state index contributed by atoms with van der Waals surface area (Å²) in [5.41, 5.74) is 2.73. The SMILES string of the molecule is CCc1cc2nc(C3CCNCC3)cc(=O)n2[nH]1. The molecule has 2 N–H and O–H groups in total. The molecule has 18 heavy (non-hydrogen) atoms. The normalized spacial score (nSPS) is 17.4. The van der Waals surface area contributed by atoms with E-state index in [9.17, 15) is 4.79 Å². The van der Waals surface area contributed by atoms with Gasteiger partial charge >= 0.3 is 0 Å². The van der Waals surface area contributed by atoms with Gasteiger partial charge in [0.05, 0.1) is 5.69 Å². The average molecular weight is 246 g/mol. The third-order valence-electron chi connectivity index (χ3n) is 3.66. The fraction of sp³-hybridized carbons (Fsp3) is 0.538. The lowest BCUT2D eigenvalue weighted by Gasteiger charge is -2.21. The minimum Gasteiger partial charge on any atom is -0.317 e. The molecule has 0 radical (unpaired) electrons. The van der Waals surface area contributed by atoms with Gasteiger partial charge in [0, 0.05) is 23.7 Å². The van der Waals surface area contributed by atoms with Gasteiger partial charge < -0.3 is 5.32 Å². The Balaban J connectivity index is 2.05. The van der Waals surface area contributed by atoms with Gasteiger partial charge in [0.1, 0.15) is 0 Å². The smallest absolute Gasteiger partial charge is 0.272 e. The van der Waals surface area contributed by atoms with E-state index >= 15 is 0 Å². The van der Waals surface area contributed by atoms with Crippen molar-refractivity contribution < 1.29 is 0 Å². The van der Waals surface area contributed by atoms with Crippen molar-refractivity contribution in [1.82, 2.24) is 19.9 Å². The number of hydrogen-bond donors (Lipinski definition) is 2. The highest BCUT2D eigenvalue weighted by Gasteiger charge is 2.18. The van der Waals surface area contributed by atoms with Crippen molar-refractivity contribution in [2.75, 3.05) is 13.1 Å². The molecule has 0 aromatic carbocycles. The summed E-state index contributed by atoms with van der Waals surface area (Å²) in [5.74, 6) is 0.420. The zero-order chi connectivity index (χ0) is 12.5. The largest absolute Gasteiger partial charge is 0.317 e. The Bertz CT molecular complexity index is 607. The molecule has 0 amide bonds. The Labute approximate surface area is 105 Å². The van der Waals surface area contributed by atoms with Gasteiger partial charge in [-0.2, -0.15) is 0 Å². The number of aryl methyl sites for hydroxylation is 1. The van der Waals surface area contributed by atoms with Crippen molar-refractivity contribution >= 4 is 5.65 Å². The minimum absolute atomic E-state index is 0.00627. The van der Waals surface area contributed by atoms with Crippen LogP contribution in [-0.4, -0.2) is 27.7 Å². The Morgan fingerprint density at radius 3 is 2.89 bits per heavy atom. The average Bonchev–Trinajstić information content (AvgIpc) is 2.83. The van der Waals surface area contributed by atoms with Crippen molar-refractivity contribution in [3.05, 3.63) is 33.9 Å². The first-order valence-corrected chi connectivity index (χ1v) is 6.60. The summed E-state index contributed by atoms with van der Waals surface area (Å²) in [4.78, 5) is 16.7. The third-order valence-corrected chi connectivity index (χ3v) is 3.66.